The van der Waals surface area contributed by atoms with E-state index in [1.807, 2.05) is 30.8 Å². The van der Waals surface area contributed by atoms with Crippen LogP contribution in [0.25, 0.3) is 0 Å². The molecule has 2 unspecified atom stereocenters. The van der Waals surface area contributed by atoms with Crippen molar-refractivity contribution in [1.82, 2.24) is 0 Å². The summed E-state index contributed by atoms with van der Waals surface area (Å²) in [6.45, 7) is 2.04. The van der Waals surface area contributed by atoms with Crippen LogP contribution in [0.2, 0.25) is 0 Å². The zero-order valence-corrected chi connectivity index (χ0v) is 11.7. The van der Waals surface area contributed by atoms with Gasteiger partial charge in [-0.3, -0.25) is 0 Å². The van der Waals surface area contributed by atoms with E-state index in [4.69, 9.17) is 10.5 Å². The summed E-state index contributed by atoms with van der Waals surface area (Å²) < 4.78 is 6.99. The summed E-state index contributed by atoms with van der Waals surface area (Å²) in [5, 5.41) is 0. The molecule has 4 heteroatoms. The molecule has 1 aliphatic rings. The molecule has 0 saturated carbocycles. The maximum Gasteiger partial charge on any atom is 0.123 e. The van der Waals surface area contributed by atoms with E-state index in [0.717, 1.165) is 28.1 Å². The lowest BCUT2D eigenvalue weighted by atomic mass is 10.1. The second-order valence-electron chi connectivity index (χ2n) is 4.21. The van der Waals surface area contributed by atoms with Gasteiger partial charge in [-0.15, -0.1) is 0 Å². The van der Waals surface area contributed by atoms with Crippen molar-refractivity contribution in [1.29, 1.82) is 0 Å². The SMILES string of the molecule is CC(N)CSCC1Cc2cc(Br)ccc2O1. The molecule has 0 amide bonds. The summed E-state index contributed by atoms with van der Waals surface area (Å²) in [6.07, 6.45) is 1.33. The highest BCUT2D eigenvalue weighted by Gasteiger charge is 2.22. The zero-order chi connectivity index (χ0) is 11.5. The first-order valence-corrected chi connectivity index (χ1v) is 7.38. The first-order chi connectivity index (χ1) is 7.65. The Morgan fingerprint density at radius 2 is 2.44 bits per heavy atom. The third-order valence-electron chi connectivity index (χ3n) is 2.45. The van der Waals surface area contributed by atoms with Gasteiger partial charge in [0.05, 0.1) is 0 Å². The molecule has 1 aromatic carbocycles. The smallest absolute Gasteiger partial charge is 0.123 e. The van der Waals surface area contributed by atoms with Gasteiger partial charge in [0.15, 0.2) is 0 Å². The summed E-state index contributed by atoms with van der Waals surface area (Å²) in [5.41, 5.74) is 7.02. The highest BCUT2D eigenvalue weighted by molar-refractivity contribution is 9.10. The van der Waals surface area contributed by atoms with Gasteiger partial charge in [-0.1, -0.05) is 15.9 Å². The number of hydrogen-bond donors (Lipinski definition) is 1. The van der Waals surface area contributed by atoms with E-state index in [1.165, 1.54) is 5.56 Å². The van der Waals surface area contributed by atoms with Gasteiger partial charge >= 0.3 is 0 Å². The fourth-order valence-corrected chi connectivity index (χ4v) is 3.13. The molecule has 2 atom stereocenters. The van der Waals surface area contributed by atoms with E-state index >= 15 is 0 Å². The Hall–Kier alpha value is -0.190. The van der Waals surface area contributed by atoms with Gasteiger partial charge in [0.2, 0.25) is 0 Å². The lowest BCUT2D eigenvalue weighted by Crippen LogP contribution is -2.21. The normalized spacial score (nSPS) is 20.3. The van der Waals surface area contributed by atoms with Gasteiger partial charge in [0, 0.05) is 28.4 Å². The van der Waals surface area contributed by atoms with E-state index in [9.17, 15) is 0 Å². The van der Waals surface area contributed by atoms with Gasteiger partial charge in [-0.2, -0.15) is 11.8 Å². The minimum absolute atomic E-state index is 0.267. The fourth-order valence-electron chi connectivity index (χ4n) is 1.77. The van der Waals surface area contributed by atoms with Crippen molar-refractivity contribution in [2.24, 2.45) is 5.73 Å². The zero-order valence-electron chi connectivity index (χ0n) is 9.28. The lowest BCUT2D eigenvalue weighted by molar-refractivity contribution is 0.259. The van der Waals surface area contributed by atoms with Crippen molar-refractivity contribution in [2.75, 3.05) is 11.5 Å². The topological polar surface area (TPSA) is 35.2 Å². The second-order valence-corrected chi connectivity index (χ2v) is 6.20. The largest absolute Gasteiger partial charge is 0.489 e. The molecule has 0 spiro atoms. The summed E-state index contributed by atoms with van der Waals surface area (Å²) in [4.78, 5) is 0. The van der Waals surface area contributed by atoms with Gasteiger partial charge in [-0.05, 0) is 30.7 Å². The molecular weight excluding hydrogens is 286 g/mol. The summed E-state index contributed by atoms with van der Waals surface area (Å²) in [7, 11) is 0. The minimum Gasteiger partial charge on any atom is -0.489 e. The average Bonchev–Trinajstić information content (AvgIpc) is 2.58. The molecule has 16 heavy (non-hydrogen) atoms. The van der Waals surface area contributed by atoms with Crippen LogP contribution >= 0.6 is 27.7 Å². The Balaban J connectivity index is 1.86. The Labute approximate surface area is 109 Å². The predicted octanol–water partition coefficient (Wildman–Crippen LogP) is 2.83. The Morgan fingerprint density at radius 1 is 1.62 bits per heavy atom. The van der Waals surface area contributed by atoms with Crippen LogP contribution in [0.1, 0.15) is 12.5 Å². The molecule has 88 valence electrons. The number of rotatable bonds is 4. The van der Waals surface area contributed by atoms with Crippen LogP contribution in [0.4, 0.5) is 0 Å². The van der Waals surface area contributed by atoms with Crippen molar-refractivity contribution < 1.29 is 4.74 Å². The second kappa shape index (κ2) is 5.43. The molecule has 1 aliphatic heterocycles. The van der Waals surface area contributed by atoms with E-state index in [-0.39, 0.29) is 6.04 Å². The fraction of sp³-hybridized carbons (Fsp3) is 0.500. The molecule has 1 heterocycles. The van der Waals surface area contributed by atoms with Gasteiger partial charge in [0.25, 0.3) is 0 Å². The van der Waals surface area contributed by atoms with Crippen LogP contribution in [0, 0.1) is 0 Å². The number of thioether (sulfide) groups is 1. The maximum absolute atomic E-state index is 5.86. The molecule has 0 aliphatic carbocycles. The Kier molecular flexibility index (Phi) is 4.16. The number of benzene rings is 1. The van der Waals surface area contributed by atoms with Crippen molar-refractivity contribution in [3.8, 4) is 5.75 Å². The monoisotopic (exact) mass is 301 g/mol. The Bertz CT molecular complexity index is 370. The summed E-state index contributed by atoms with van der Waals surface area (Å²) in [5.74, 6) is 3.06. The maximum atomic E-state index is 5.86. The molecule has 1 aromatic rings. The summed E-state index contributed by atoms with van der Waals surface area (Å²) in [6, 6.07) is 6.47. The number of halogens is 1. The highest BCUT2D eigenvalue weighted by Crippen LogP contribution is 2.32. The van der Waals surface area contributed by atoms with E-state index in [2.05, 4.69) is 22.0 Å². The molecule has 0 radical (unpaired) electrons. The molecular formula is C12H16BrNOS. The standard InChI is InChI=1S/C12H16BrNOS/c1-8(14)6-16-7-11-5-9-4-10(13)2-3-12(9)15-11/h2-4,8,11H,5-7,14H2,1H3. The van der Waals surface area contributed by atoms with Crippen LogP contribution in [0.3, 0.4) is 0 Å². The third kappa shape index (κ3) is 3.15. The first-order valence-electron chi connectivity index (χ1n) is 5.43. The number of hydrogen-bond acceptors (Lipinski definition) is 3. The van der Waals surface area contributed by atoms with E-state index < -0.39 is 0 Å². The van der Waals surface area contributed by atoms with Crippen LogP contribution in [0.15, 0.2) is 22.7 Å². The predicted molar refractivity (Wildman–Crippen MR) is 73.2 cm³/mol. The quantitative estimate of drug-likeness (QED) is 0.929. The van der Waals surface area contributed by atoms with Gasteiger partial charge in [-0.25, -0.2) is 0 Å². The molecule has 0 aromatic heterocycles. The van der Waals surface area contributed by atoms with E-state index in [1.54, 1.807) is 0 Å². The number of ether oxygens (including phenoxy) is 1. The molecule has 2 N–H and O–H groups in total. The van der Waals surface area contributed by atoms with Crippen LogP contribution in [0.5, 0.6) is 5.75 Å². The Morgan fingerprint density at radius 3 is 3.19 bits per heavy atom. The van der Waals surface area contributed by atoms with Crippen molar-refractivity contribution in [3.63, 3.8) is 0 Å². The van der Waals surface area contributed by atoms with Crippen LogP contribution < -0.4 is 10.5 Å². The minimum atomic E-state index is 0.267. The average molecular weight is 302 g/mol. The van der Waals surface area contributed by atoms with Crippen molar-refractivity contribution in [2.45, 2.75) is 25.5 Å². The summed E-state index contributed by atoms with van der Waals surface area (Å²) >= 11 is 5.35. The van der Waals surface area contributed by atoms with Gasteiger partial charge in [0.1, 0.15) is 11.9 Å². The molecule has 0 bridgehead atoms. The molecule has 2 rings (SSSR count). The molecule has 2 nitrogen and oxygen atoms in total. The lowest BCUT2D eigenvalue weighted by Gasteiger charge is -2.11. The third-order valence-corrected chi connectivity index (χ3v) is 4.31. The highest BCUT2D eigenvalue weighted by atomic mass is 79.9. The molecule has 0 fully saturated rings. The number of fused-ring (bicyclic) bond motifs is 1. The number of nitrogens with two attached hydrogens (primary N) is 1. The van der Waals surface area contributed by atoms with Crippen molar-refractivity contribution in [3.05, 3.63) is 28.2 Å². The van der Waals surface area contributed by atoms with Crippen LogP contribution in [-0.4, -0.2) is 23.7 Å². The molecule has 0 saturated heterocycles. The van der Waals surface area contributed by atoms with Gasteiger partial charge < -0.3 is 10.5 Å². The van der Waals surface area contributed by atoms with Crippen LogP contribution in [-0.2, 0) is 6.42 Å². The van der Waals surface area contributed by atoms with Crippen molar-refractivity contribution >= 4 is 27.7 Å². The van der Waals surface area contributed by atoms with E-state index in [0.29, 0.717) is 6.10 Å². The first kappa shape index (κ1) is 12.3.